The van der Waals surface area contributed by atoms with Crippen LogP contribution in [0.2, 0.25) is 0 Å². The van der Waals surface area contributed by atoms with Gasteiger partial charge in [-0.25, -0.2) is 0 Å². The molecule has 2 aromatic heterocycles. The van der Waals surface area contributed by atoms with E-state index < -0.39 is 0 Å². The number of nitrogens with one attached hydrogen (secondary N) is 2. The lowest BCUT2D eigenvalue weighted by molar-refractivity contribution is -0.116. The third-order valence-corrected chi connectivity index (χ3v) is 8.32. The quantitative estimate of drug-likeness (QED) is 0.353. The molecule has 3 aromatic rings. The molecule has 2 N–H and O–H groups in total. The smallest absolute Gasteiger partial charge is 0.226 e. The van der Waals surface area contributed by atoms with Crippen molar-refractivity contribution >= 4 is 28.9 Å². The van der Waals surface area contributed by atoms with Crippen molar-refractivity contribution in [2.24, 2.45) is 0 Å². The van der Waals surface area contributed by atoms with E-state index in [2.05, 4.69) is 49.9 Å². The van der Waals surface area contributed by atoms with Crippen LogP contribution in [0.5, 0.6) is 0 Å². The van der Waals surface area contributed by atoms with Gasteiger partial charge in [-0.2, -0.15) is 0 Å². The number of aryl methyl sites for hydroxylation is 2. The van der Waals surface area contributed by atoms with Crippen LogP contribution >= 0.6 is 12.2 Å². The maximum absolute atomic E-state index is 12.9. The van der Waals surface area contributed by atoms with E-state index in [0.29, 0.717) is 18.1 Å². The second-order valence-electron chi connectivity index (χ2n) is 10.8. The largest absolute Gasteiger partial charge is 0.379 e. The van der Waals surface area contributed by atoms with Crippen molar-refractivity contribution in [3.8, 4) is 0 Å². The van der Waals surface area contributed by atoms with Crippen molar-refractivity contribution in [2.45, 2.75) is 52.2 Å². The number of rotatable bonds is 10. The second kappa shape index (κ2) is 12.9. The minimum atomic E-state index is -0.101. The number of carbonyl (C=O) groups excluding carboxylic acids is 1. The van der Waals surface area contributed by atoms with Crippen molar-refractivity contribution in [3.05, 3.63) is 82.9 Å². The third-order valence-electron chi connectivity index (χ3n) is 7.97. The fourth-order valence-corrected chi connectivity index (χ4v) is 6.23. The standard InChI is InChI=1S/C31H40N6O2S/c1-22-8-6-9-25(20-22)33-28(38)11-15-37-30(29(34-31(37)40)27-10-4-5-12-32-27)26-21-23(2)36(24(26)3)14-7-13-35-16-18-39-19-17-35/h4-6,8-10,12,20-21,29-30H,7,11,13-19H2,1-3H3,(H,33,38)(H,34,40)/t29-,30+/m1/s1. The summed E-state index contributed by atoms with van der Waals surface area (Å²) in [5.74, 6) is -0.0259. The van der Waals surface area contributed by atoms with Crippen LogP contribution in [0, 0.1) is 20.8 Å². The molecule has 0 unspecified atom stereocenters. The Morgan fingerprint density at radius 3 is 2.65 bits per heavy atom. The molecule has 4 heterocycles. The fraction of sp³-hybridized carbons (Fsp3) is 0.452. The molecule has 212 valence electrons. The predicted molar refractivity (Wildman–Crippen MR) is 162 cm³/mol. The van der Waals surface area contributed by atoms with Gasteiger partial charge in [0, 0.05) is 62.4 Å². The maximum atomic E-state index is 12.9. The Labute approximate surface area is 242 Å². The molecule has 0 radical (unpaired) electrons. The zero-order valence-corrected chi connectivity index (χ0v) is 24.5. The summed E-state index contributed by atoms with van der Waals surface area (Å²) in [4.78, 5) is 22.3. The molecule has 0 bridgehead atoms. The summed E-state index contributed by atoms with van der Waals surface area (Å²) >= 11 is 5.85. The van der Waals surface area contributed by atoms with Crippen molar-refractivity contribution < 1.29 is 9.53 Å². The van der Waals surface area contributed by atoms with E-state index in [-0.39, 0.29) is 18.0 Å². The summed E-state index contributed by atoms with van der Waals surface area (Å²) in [6.07, 6.45) is 3.24. The number of amides is 1. The number of nitrogens with zero attached hydrogens (tertiary/aromatic N) is 4. The number of anilines is 1. The van der Waals surface area contributed by atoms with Crippen molar-refractivity contribution in [1.29, 1.82) is 0 Å². The maximum Gasteiger partial charge on any atom is 0.226 e. The number of benzene rings is 1. The molecular formula is C31H40N6O2S. The van der Waals surface area contributed by atoms with E-state index in [1.807, 2.05) is 55.6 Å². The van der Waals surface area contributed by atoms with Gasteiger partial charge in [-0.15, -0.1) is 0 Å². The number of carbonyl (C=O) groups is 1. The van der Waals surface area contributed by atoms with Gasteiger partial charge in [0.2, 0.25) is 5.91 Å². The summed E-state index contributed by atoms with van der Waals surface area (Å²) in [7, 11) is 0. The van der Waals surface area contributed by atoms with E-state index in [1.165, 1.54) is 17.0 Å². The van der Waals surface area contributed by atoms with E-state index in [1.54, 1.807) is 0 Å². The number of aromatic nitrogens is 2. The average molecular weight is 561 g/mol. The normalized spacial score (nSPS) is 19.6. The highest BCUT2D eigenvalue weighted by molar-refractivity contribution is 7.80. The van der Waals surface area contributed by atoms with Crippen LogP contribution in [0.15, 0.2) is 54.7 Å². The molecule has 1 amide bonds. The van der Waals surface area contributed by atoms with Gasteiger partial charge in [0.25, 0.3) is 0 Å². The van der Waals surface area contributed by atoms with Crippen LogP contribution in [0.25, 0.3) is 0 Å². The van der Waals surface area contributed by atoms with Gasteiger partial charge in [0.05, 0.1) is 31.0 Å². The van der Waals surface area contributed by atoms with Crippen LogP contribution in [0.1, 0.15) is 53.1 Å². The van der Waals surface area contributed by atoms with Gasteiger partial charge in [-0.1, -0.05) is 18.2 Å². The van der Waals surface area contributed by atoms with E-state index in [0.717, 1.165) is 62.8 Å². The minimum absolute atomic E-state index is 0.0259. The first-order chi connectivity index (χ1) is 19.4. The van der Waals surface area contributed by atoms with Gasteiger partial charge in [-0.05, 0) is 80.9 Å². The average Bonchev–Trinajstić information content (AvgIpc) is 3.43. The van der Waals surface area contributed by atoms with E-state index >= 15 is 0 Å². The Bertz CT molecular complexity index is 1320. The second-order valence-corrected chi connectivity index (χ2v) is 11.2. The highest BCUT2D eigenvalue weighted by Crippen LogP contribution is 2.41. The molecule has 8 nitrogen and oxygen atoms in total. The molecule has 2 aliphatic rings. The molecule has 2 fully saturated rings. The van der Waals surface area contributed by atoms with Gasteiger partial charge in [0.1, 0.15) is 0 Å². The molecule has 40 heavy (non-hydrogen) atoms. The number of hydrogen-bond donors (Lipinski definition) is 2. The number of hydrogen-bond acceptors (Lipinski definition) is 5. The van der Waals surface area contributed by atoms with E-state index in [4.69, 9.17) is 17.0 Å². The molecule has 5 rings (SSSR count). The molecule has 0 spiro atoms. The fourth-order valence-electron chi connectivity index (χ4n) is 5.90. The monoisotopic (exact) mass is 560 g/mol. The predicted octanol–water partition coefficient (Wildman–Crippen LogP) is 4.53. The van der Waals surface area contributed by atoms with Gasteiger partial charge in [0.15, 0.2) is 5.11 Å². The first-order valence-corrected chi connectivity index (χ1v) is 14.6. The molecule has 0 aliphatic carbocycles. The lowest BCUT2D eigenvalue weighted by Gasteiger charge is -2.28. The molecule has 9 heteroatoms. The molecule has 2 saturated heterocycles. The topological polar surface area (TPSA) is 74.7 Å². The van der Waals surface area contributed by atoms with E-state index in [9.17, 15) is 4.79 Å². The zero-order chi connectivity index (χ0) is 28.1. The SMILES string of the molecule is Cc1cccc(NC(=O)CCN2C(=S)N[C@H](c3ccccn3)[C@@H]2c2cc(C)n(CCCN3CCOCC3)c2C)c1. The van der Waals surface area contributed by atoms with Crippen LogP contribution in [-0.4, -0.2) is 69.8 Å². The summed E-state index contributed by atoms with van der Waals surface area (Å²) in [6.45, 7) is 12.6. The van der Waals surface area contributed by atoms with Crippen LogP contribution in [-0.2, 0) is 16.1 Å². The zero-order valence-electron chi connectivity index (χ0n) is 23.7. The number of ether oxygens (including phenoxy) is 1. The van der Waals surface area contributed by atoms with Gasteiger partial charge < -0.3 is 24.8 Å². The molecule has 2 aliphatic heterocycles. The Hall–Kier alpha value is -3.27. The lowest BCUT2D eigenvalue weighted by atomic mass is 9.96. The molecule has 0 saturated carbocycles. The van der Waals surface area contributed by atoms with Crippen molar-refractivity contribution in [3.63, 3.8) is 0 Å². The number of morpholine rings is 1. The first kappa shape index (κ1) is 28.3. The minimum Gasteiger partial charge on any atom is -0.379 e. The number of thiocarbonyl (C=S) groups is 1. The summed E-state index contributed by atoms with van der Waals surface area (Å²) in [5, 5.41) is 7.22. The summed E-state index contributed by atoms with van der Waals surface area (Å²) in [6, 6.07) is 16.0. The highest BCUT2D eigenvalue weighted by Gasteiger charge is 2.41. The van der Waals surface area contributed by atoms with Gasteiger partial charge >= 0.3 is 0 Å². The Morgan fingerprint density at radius 2 is 1.90 bits per heavy atom. The van der Waals surface area contributed by atoms with Crippen LogP contribution in [0.3, 0.4) is 0 Å². The third kappa shape index (κ3) is 6.54. The molecule has 2 atom stereocenters. The summed E-state index contributed by atoms with van der Waals surface area (Å²) < 4.78 is 7.92. The van der Waals surface area contributed by atoms with Crippen molar-refractivity contribution in [2.75, 3.05) is 44.7 Å². The van der Waals surface area contributed by atoms with Crippen LogP contribution < -0.4 is 10.6 Å². The Morgan fingerprint density at radius 1 is 1.07 bits per heavy atom. The highest BCUT2D eigenvalue weighted by atomic mass is 32.1. The Kier molecular flexibility index (Phi) is 9.14. The van der Waals surface area contributed by atoms with Gasteiger partial charge in [-0.3, -0.25) is 14.7 Å². The lowest BCUT2D eigenvalue weighted by Crippen LogP contribution is -2.37. The molecule has 1 aromatic carbocycles. The van der Waals surface area contributed by atoms with Crippen molar-refractivity contribution in [1.82, 2.24) is 24.7 Å². The molecular weight excluding hydrogens is 520 g/mol. The first-order valence-electron chi connectivity index (χ1n) is 14.2. The summed E-state index contributed by atoms with van der Waals surface area (Å²) in [5.41, 5.74) is 6.58. The number of pyridine rings is 1. The Balaban J connectivity index is 1.34. The van der Waals surface area contributed by atoms with Crippen LogP contribution in [0.4, 0.5) is 5.69 Å².